The number of hydrogen-bond acceptors (Lipinski definition) is 3. The Morgan fingerprint density at radius 2 is 1.84 bits per heavy atom. The van der Waals surface area contributed by atoms with Gasteiger partial charge in [0.2, 0.25) is 0 Å². The van der Waals surface area contributed by atoms with E-state index in [0.717, 1.165) is 44.8 Å². The van der Waals surface area contributed by atoms with Crippen molar-refractivity contribution in [2.24, 2.45) is 5.92 Å². The highest BCUT2D eigenvalue weighted by molar-refractivity contribution is 5.20. The summed E-state index contributed by atoms with van der Waals surface area (Å²) in [7, 11) is 0. The highest BCUT2D eigenvalue weighted by Crippen LogP contribution is 2.27. The van der Waals surface area contributed by atoms with Crippen LogP contribution < -0.4 is 4.74 Å². The minimum absolute atomic E-state index is 0.429. The van der Waals surface area contributed by atoms with Crippen molar-refractivity contribution in [3.63, 3.8) is 0 Å². The van der Waals surface area contributed by atoms with E-state index in [9.17, 15) is 5.11 Å². The Balaban J connectivity index is 1.66. The zero-order chi connectivity index (χ0) is 13.7. The van der Waals surface area contributed by atoms with Gasteiger partial charge in [-0.15, -0.1) is 0 Å². The van der Waals surface area contributed by atoms with E-state index < -0.39 is 5.60 Å². The van der Waals surface area contributed by atoms with Crippen molar-refractivity contribution in [2.45, 2.75) is 32.3 Å². The molecule has 1 aromatic carbocycles. The van der Waals surface area contributed by atoms with Crippen LogP contribution in [-0.4, -0.2) is 41.8 Å². The first kappa shape index (κ1) is 14.4. The van der Waals surface area contributed by atoms with Gasteiger partial charge in [0, 0.05) is 6.54 Å². The molecule has 1 aliphatic rings. The van der Waals surface area contributed by atoms with Crippen molar-refractivity contribution in [3.05, 3.63) is 30.3 Å². The van der Waals surface area contributed by atoms with Gasteiger partial charge < -0.3 is 9.84 Å². The number of hydrogen-bond donors (Lipinski definition) is 1. The van der Waals surface area contributed by atoms with E-state index in [0.29, 0.717) is 5.92 Å². The van der Waals surface area contributed by atoms with Gasteiger partial charge in [0.05, 0.1) is 5.60 Å². The van der Waals surface area contributed by atoms with E-state index in [2.05, 4.69) is 4.90 Å². The molecule has 1 aliphatic heterocycles. The molecular weight excluding hydrogens is 238 g/mol. The first-order valence-corrected chi connectivity index (χ1v) is 7.18. The maximum Gasteiger partial charge on any atom is 0.119 e. The zero-order valence-corrected chi connectivity index (χ0v) is 12.0. The number of para-hydroxylation sites is 1. The molecular formula is C16H25NO2. The van der Waals surface area contributed by atoms with Crippen LogP contribution in [0.1, 0.15) is 26.7 Å². The average molecular weight is 263 g/mol. The van der Waals surface area contributed by atoms with Crippen LogP contribution in [0.4, 0.5) is 0 Å². The summed E-state index contributed by atoms with van der Waals surface area (Å²) in [5.74, 6) is 1.37. The molecule has 1 saturated heterocycles. The summed E-state index contributed by atoms with van der Waals surface area (Å²) in [6.07, 6.45) is 2.16. The molecule has 106 valence electrons. The van der Waals surface area contributed by atoms with Crippen LogP contribution in [0.2, 0.25) is 0 Å². The normalized spacial score (nSPS) is 18.5. The van der Waals surface area contributed by atoms with Crippen LogP contribution in [0.15, 0.2) is 30.3 Å². The minimum atomic E-state index is -0.535. The van der Waals surface area contributed by atoms with Gasteiger partial charge in [-0.05, 0) is 57.8 Å². The van der Waals surface area contributed by atoms with Gasteiger partial charge in [0.15, 0.2) is 0 Å². The van der Waals surface area contributed by atoms with E-state index in [4.69, 9.17) is 4.74 Å². The molecule has 1 fully saturated rings. The molecule has 0 bridgehead atoms. The molecule has 0 amide bonds. The lowest BCUT2D eigenvalue weighted by Crippen LogP contribution is -2.43. The second-order valence-corrected chi connectivity index (χ2v) is 5.93. The summed E-state index contributed by atoms with van der Waals surface area (Å²) in [5.41, 5.74) is -0.535. The first-order valence-electron chi connectivity index (χ1n) is 7.18. The van der Waals surface area contributed by atoms with Crippen molar-refractivity contribution < 1.29 is 9.84 Å². The second kappa shape index (κ2) is 6.40. The summed E-state index contributed by atoms with van der Waals surface area (Å²) < 4.78 is 5.71. The van der Waals surface area contributed by atoms with E-state index in [1.807, 2.05) is 44.2 Å². The Labute approximate surface area is 116 Å². The lowest BCUT2D eigenvalue weighted by atomic mass is 9.83. The molecule has 0 aliphatic carbocycles. The van der Waals surface area contributed by atoms with Crippen LogP contribution in [0.5, 0.6) is 5.75 Å². The van der Waals surface area contributed by atoms with Crippen molar-refractivity contribution in [3.8, 4) is 5.75 Å². The molecule has 0 aromatic heterocycles. The van der Waals surface area contributed by atoms with Crippen molar-refractivity contribution in [1.29, 1.82) is 0 Å². The first-order chi connectivity index (χ1) is 9.05. The van der Waals surface area contributed by atoms with Gasteiger partial charge in [-0.3, -0.25) is 4.90 Å². The monoisotopic (exact) mass is 263 g/mol. The number of benzene rings is 1. The van der Waals surface area contributed by atoms with Gasteiger partial charge in [0.25, 0.3) is 0 Å². The Kier molecular flexibility index (Phi) is 4.83. The van der Waals surface area contributed by atoms with Crippen molar-refractivity contribution in [1.82, 2.24) is 4.90 Å². The molecule has 1 aromatic rings. The highest BCUT2D eigenvalue weighted by Gasteiger charge is 2.30. The Morgan fingerprint density at radius 3 is 2.42 bits per heavy atom. The van der Waals surface area contributed by atoms with Crippen molar-refractivity contribution >= 4 is 0 Å². The Bertz CT molecular complexity index is 364. The maximum absolute atomic E-state index is 10.0. The summed E-state index contributed by atoms with van der Waals surface area (Å²) in [6.45, 7) is 7.67. The van der Waals surface area contributed by atoms with E-state index >= 15 is 0 Å². The van der Waals surface area contributed by atoms with E-state index in [-0.39, 0.29) is 0 Å². The fraction of sp³-hybridized carbons (Fsp3) is 0.625. The Morgan fingerprint density at radius 1 is 1.21 bits per heavy atom. The summed E-state index contributed by atoms with van der Waals surface area (Å²) in [4.78, 5) is 2.42. The second-order valence-electron chi connectivity index (χ2n) is 5.93. The molecule has 3 heteroatoms. The molecule has 1 N–H and O–H groups in total. The van der Waals surface area contributed by atoms with Gasteiger partial charge >= 0.3 is 0 Å². The number of rotatable bonds is 5. The largest absolute Gasteiger partial charge is 0.492 e. The molecule has 19 heavy (non-hydrogen) atoms. The predicted molar refractivity (Wildman–Crippen MR) is 77.4 cm³/mol. The third-order valence-electron chi connectivity index (χ3n) is 4.01. The van der Waals surface area contributed by atoms with Gasteiger partial charge in [0.1, 0.15) is 12.4 Å². The third-order valence-corrected chi connectivity index (χ3v) is 4.01. The molecule has 0 radical (unpaired) electrons. The molecule has 1 heterocycles. The van der Waals surface area contributed by atoms with Crippen LogP contribution in [0.25, 0.3) is 0 Å². The summed E-state index contributed by atoms with van der Waals surface area (Å²) in [5, 5.41) is 10.0. The fourth-order valence-electron chi connectivity index (χ4n) is 2.67. The molecule has 3 nitrogen and oxygen atoms in total. The molecule has 0 unspecified atom stereocenters. The fourth-order valence-corrected chi connectivity index (χ4v) is 2.67. The molecule has 0 saturated carbocycles. The van der Waals surface area contributed by atoms with Crippen LogP contribution >= 0.6 is 0 Å². The number of aliphatic hydroxyl groups is 1. The van der Waals surface area contributed by atoms with Crippen LogP contribution in [0, 0.1) is 5.92 Å². The van der Waals surface area contributed by atoms with E-state index in [1.165, 1.54) is 0 Å². The number of piperidine rings is 1. The standard InChI is InChI=1S/C16H25NO2/c1-16(2,18)14-8-10-17(11-9-14)12-13-19-15-6-4-3-5-7-15/h3-7,14,18H,8-13H2,1-2H3. The maximum atomic E-state index is 10.0. The SMILES string of the molecule is CC(C)(O)C1CCN(CCOc2ccccc2)CC1. The number of ether oxygens (including phenoxy) is 1. The van der Waals surface area contributed by atoms with Gasteiger partial charge in [-0.2, -0.15) is 0 Å². The van der Waals surface area contributed by atoms with Crippen LogP contribution in [0.3, 0.4) is 0 Å². The highest BCUT2D eigenvalue weighted by atomic mass is 16.5. The quantitative estimate of drug-likeness (QED) is 0.886. The molecule has 0 spiro atoms. The van der Waals surface area contributed by atoms with E-state index in [1.54, 1.807) is 0 Å². The Hall–Kier alpha value is -1.06. The topological polar surface area (TPSA) is 32.7 Å². The number of nitrogens with zero attached hydrogens (tertiary/aromatic N) is 1. The third kappa shape index (κ3) is 4.51. The lowest BCUT2D eigenvalue weighted by molar-refractivity contribution is -0.0137. The van der Waals surface area contributed by atoms with Gasteiger partial charge in [-0.1, -0.05) is 18.2 Å². The average Bonchev–Trinajstić information content (AvgIpc) is 2.39. The zero-order valence-electron chi connectivity index (χ0n) is 12.0. The summed E-state index contributed by atoms with van der Waals surface area (Å²) >= 11 is 0. The van der Waals surface area contributed by atoms with Crippen LogP contribution in [-0.2, 0) is 0 Å². The predicted octanol–water partition coefficient (Wildman–Crippen LogP) is 2.55. The smallest absolute Gasteiger partial charge is 0.119 e. The van der Waals surface area contributed by atoms with Crippen molar-refractivity contribution in [2.75, 3.05) is 26.2 Å². The molecule has 0 atom stereocenters. The molecule has 2 rings (SSSR count). The lowest BCUT2D eigenvalue weighted by Gasteiger charge is -2.37. The summed E-state index contributed by atoms with van der Waals surface area (Å²) in [6, 6.07) is 9.95. The van der Waals surface area contributed by atoms with Gasteiger partial charge in [-0.25, -0.2) is 0 Å². The number of likely N-dealkylation sites (tertiary alicyclic amines) is 1. The minimum Gasteiger partial charge on any atom is -0.492 e.